The third-order valence-electron chi connectivity index (χ3n) is 5.06. The molecule has 1 aromatic rings. The number of hydrogen-bond acceptors (Lipinski definition) is 2. The quantitative estimate of drug-likeness (QED) is 0.183. The monoisotopic (exact) mass is 428 g/mol. The van der Waals surface area contributed by atoms with E-state index in [1.807, 2.05) is 6.92 Å². The zero-order chi connectivity index (χ0) is 22.8. The van der Waals surface area contributed by atoms with Crippen LogP contribution in [0.15, 0.2) is 48.3 Å². The van der Waals surface area contributed by atoms with E-state index in [1.165, 1.54) is 12.1 Å². The van der Waals surface area contributed by atoms with E-state index < -0.39 is 23.3 Å². The van der Waals surface area contributed by atoms with E-state index in [2.05, 4.69) is 13.2 Å². The van der Waals surface area contributed by atoms with Gasteiger partial charge < -0.3 is 9.47 Å². The van der Waals surface area contributed by atoms with Crippen LogP contribution in [-0.4, -0.2) is 13.2 Å². The molecular formula is C24H32F4O2. The molecule has 0 aliphatic rings. The second-order valence-electron chi connectivity index (χ2n) is 7.42. The molecule has 0 saturated heterocycles. The van der Waals surface area contributed by atoms with Crippen LogP contribution in [0.5, 0.6) is 5.75 Å². The molecule has 168 valence electrons. The van der Waals surface area contributed by atoms with Crippen molar-refractivity contribution in [3.8, 4) is 5.75 Å². The zero-order valence-electron chi connectivity index (χ0n) is 18.3. The molecule has 0 fully saturated rings. The first-order valence-corrected chi connectivity index (χ1v) is 10.3. The van der Waals surface area contributed by atoms with Crippen molar-refractivity contribution < 1.29 is 27.0 Å². The minimum Gasteiger partial charge on any atom is -0.491 e. The van der Waals surface area contributed by atoms with E-state index in [-0.39, 0.29) is 42.1 Å². The summed E-state index contributed by atoms with van der Waals surface area (Å²) in [5.41, 5.74) is 0.353. The lowest BCUT2D eigenvalue weighted by atomic mass is 9.89. The summed E-state index contributed by atoms with van der Waals surface area (Å²) in [6, 6.07) is 2.97. The lowest BCUT2D eigenvalue weighted by molar-refractivity contribution is 0.223. The van der Waals surface area contributed by atoms with Gasteiger partial charge in [-0.15, -0.1) is 0 Å². The molecule has 0 saturated carbocycles. The molecule has 0 aromatic heterocycles. The summed E-state index contributed by atoms with van der Waals surface area (Å²) in [6.45, 7) is 14.6. The number of benzene rings is 1. The molecule has 2 unspecified atom stereocenters. The summed E-state index contributed by atoms with van der Waals surface area (Å²) in [5, 5.41) is 0. The molecule has 0 amide bonds. The summed E-state index contributed by atoms with van der Waals surface area (Å²) >= 11 is 0. The van der Waals surface area contributed by atoms with Gasteiger partial charge in [0.15, 0.2) is 29.0 Å². The van der Waals surface area contributed by atoms with Crippen molar-refractivity contribution in [1.82, 2.24) is 0 Å². The second kappa shape index (κ2) is 12.5. The Morgan fingerprint density at radius 2 is 1.60 bits per heavy atom. The van der Waals surface area contributed by atoms with Gasteiger partial charge in [0.1, 0.15) is 0 Å². The van der Waals surface area contributed by atoms with Crippen LogP contribution in [0.3, 0.4) is 0 Å². The van der Waals surface area contributed by atoms with Crippen LogP contribution < -0.4 is 4.74 Å². The SMILES string of the molecule is C=C(OCC)/C(F)=C(/F)C(=C)C(C)CCC(C)CCc1ccc(OCC)c(F)c1F. The van der Waals surface area contributed by atoms with Crippen molar-refractivity contribution in [2.75, 3.05) is 13.2 Å². The molecule has 2 nitrogen and oxygen atoms in total. The summed E-state index contributed by atoms with van der Waals surface area (Å²) in [5.74, 6) is -4.56. The molecular weight excluding hydrogens is 396 g/mol. The lowest BCUT2D eigenvalue weighted by Crippen LogP contribution is -2.06. The highest BCUT2D eigenvalue weighted by molar-refractivity contribution is 5.33. The van der Waals surface area contributed by atoms with Gasteiger partial charge in [-0.1, -0.05) is 39.5 Å². The third-order valence-corrected chi connectivity index (χ3v) is 5.06. The van der Waals surface area contributed by atoms with Gasteiger partial charge in [-0.05, 0) is 62.1 Å². The number of aryl methyl sites for hydroxylation is 1. The minimum absolute atomic E-state index is 0.0557. The summed E-state index contributed by atoms with van der Waals surface area (Å²) in [7, 11) is 0. The van der Waals surface area contributed by atoms with E-state index in [1.54, 1.807) is 20.8 Å². The van der Waals surface area contributed by atoms with Gasteiger partial charge in [-0.3, -0.25) is 0 Å². The summed E-state index contributed by atoms with van der Waals surface area (Å²) in [4.78, 5) is 0. The van der Waals surface area contributed by atoms with Crippen molar-refractivity contribution in [2.24, 2.45) is 11.8 Å². The van der Waals surface area contributed by atoms with Crippen molar-refractivity contribution in [2.45, 2.75) is 53.4 Å². The number of hydrogen-bond donors (Lipinski definition) is 0. The molecule has 1 aromatic carbocycles. The van der Waals surface area contributed by atoms with Gasteiger partial charge in [0.25, 0.3) is 0 Å². The predicted octanol–water partition coefficient (Wildman–Crippen LogP) is 7.61. The fraction of sp³-hybridized carbons (Fsp3) is 0.500. The van der Waals surface area contributed by atoms with Gasteiger partial charge in [0, 0.05) is 0 Å². The Balaban J connectivity index is 2.59. The Kier molecular flexibility index (Phi) is 10.7. The van der Waals surface area contributed by atoms with E-state index in [0.717, 1.165) is 0 Å². The largest absolute Gasteiger partial charge is 0.491 e. The fourth-order valence-electron chi connectivity index (χ4n) is 3.00. The first kappa shape index (κ1) is 25.8. The number of halogens is 4. The molecule has 0 bridgehead atoms. The maximum atomic E-state index is 14.3. The predicted molar refractivity (Wildman–Crippen MR) is 113 cm³/mol. The van der Waals surface area contributed by atoms with Crippen LogP contribution >= 0.6 is 0 Å². The topological polar surface area (TPSA) is 18.5 Å². The van der Waals surface area contributed by atoms with Crippen molar-refractivity contribution in [1.29, 1.82) is 0 Å². The van der Waals surface area contributed by atoms with E-state index in [9.17, 15) is 17.6 Å². The van der Waals surface area contributed by atoms with Crippen LogP contribution in [0.1, 0.15) is 52.5 Å². The number of allylic oxidation sites excluding steroid dienone is 3. The first-order chi connectivity index (χ1) is 14.1. The molecule has 1 rings (SSSR count). The highest BCUT2D eigenvalue weighted by atomic mass is 19.2. The maximum Gasteiger partial charge on any atom is 0.200 e. The highest BCUT2D eigenvalue weighted by Gasteiger charge is 2.20. The molecule has 30 heavy (non-hydrogen) atoms. The second-order valence-corrected chi connectivity index (χ2v) is 7.42. The van der Waals surface area contributed by atoms with E-state index in [0.29, 0.717) is 31.2 Å². The molecule has 0 radical (unpaired) electrons. The summed E-state index contributed by atoms with van der Waals surface area (Å²) in [6.07, 6.45) is 2.31. The Morgan fingerprint density at radius 3 is 2.20 bits per heavy atom. The summed E-state index contributed by atoms with van der Waals surface area (Å²) < 4.78 is 66.3. The highest BCUT2D eigenvalue weighted by Crippen LogP contribution is 2.31. The van der Waals surface area contributed by atoms with Crippen LogP contribution in [0.25, 0.3) is 0 Å². The average Bonchev–Trinajstić information content (AvgIpc) is 2.73. The normalized spacial score (nSPS) is 14.0. The van der Waals surface area contributed by atoms with Gasteiger partial charge in [-0.2, -0.15) is 8.78 Å². The molecule has 0 aliphatic heterocycles. The Morgan fingerprint density at radius 1 is 0.933 bits per heavy atom. The molecule has 0 spiro atoms. The molecule has 2 atom stereocenters. The Bertz CT molecular complexity index is 771. The van der Waals surface area contributed by atoms with Gasteiger partial charge in [0.05, 0.1) is 13.2 Å². The fourth-order valence-corrected chi connectivity index (χ4v) is 3.00. The third kappa shape index (κ3) is 7.22. The van der Waals surface area contributed by atoms with Crippen LogP contribution in [0.2, 0.25) is 0 Å². The van der Waals surface area contributed by atoms with Gasteiger partial charge in [-0.25, -0.2) is 8.78 Å². The van der Waals surface area contributed by atoms with Crippen molar-refractivity contribution in [3.63, 3.8) is 0 Å². The Labute approximate surface area is 177 Å². The Hall–Kier alpha value is -2.24. The molecule has 0 N–H and O–H groups in total. The van der Waals surface area contributed by atoms with E-state index in [4.69, 9.17) is 9.47 Å². The average molecular weight is 429 g/mol. The van der Waals surface area contributed by atoms with Crippen LogP contribution in [0.4, 0.5) is 17.6 Å². The van der Waals surface area contributed by atoms with Crippen LogP contribution in [0, 0.1) is 23.5 Å². The molecule has 0 aliphatic carbocycles. The van der Waals surface area contributed by atoms with Crippen molar-refractivity contribution in [3.05, 3.63) is 65.5 Å². The maximum absolute atomic E-state index is 14.3. The van der Waals surface area contributed by atoms with Crippen LogP contribution in [-0.2, 0) is 11.2 Å². The van der Waals surface area contributed by atoms with Gasteiger partial charge >= 0.3 is 0 Å². The van der Waals surface area contributed by atoms with E-state index >= 15 is 0 Å². The van der Waals surface area contributed by atoms with Crippen molar-refractivity contribution >= 4 is 0 Å². The smallest absolute Gasteiger partial charge is 0.200 e. The zero-order valence-corrected chi connectivity index (χ0v) is 18.3. The molecule has 6 heteroatoms. The number of rotatable bonds is 13. The number of ether oxygens (including phenoxy) is 2. The molecule has 0 heterocycles. The lowest BCUT2D eigenvalue weighted by Gasteiger charge is -2.18. The van der Waals surface area contributed by atoms with Gasteiger partial charge in [0.2, 0.25) is 5.82 Å². The first-order valence-electron chi connectivity index (χ1n) is 10.3. The standard InChI is InChI=1S/C24H32F4O2/c1-7-29-18(6)22(26)21(25)17(5)16(4)11-9-15(3)10-12-19-13-14-20(30-8-2)24(28)23(19)27/h13-16H,5-12H2,1-4H3/b22-21-. The minimum atomic E-state index is -1.13.